The smallest absolute Gasteiger partial charge is 0.248 e. The van der Waals surface area contributed by atoms with Gasteiger partial charge in [-0.25, -0.2) is 0 Å². The molecule has 1 amide bonds. The molecule has 0 N–H and O–H groups in total. The lowest BCUT2D eigenvalue weighted by Crippen LogP contribution is -2.38. The Morgan fingerprint density at radius 2 is 2.24 bits per heavy atom. The SMILES string of the molecule is CN(C)C(=O)COC[C@]12COC[C@H]1CN(CC1CCC1)C2. The number of fused-ring (bicyclic) bond motifs is 1. The zero-order valence-corrected chi connectivity index (χ0v) is 13.3. The van der Waals surface area contributed by atoms with Crippen molar-refractivity contribution in [2.24, 2.45) is 17.3 Å². The summed E-state index contributed by atoms with van der Waals surface area (Å²) in [6.45, 7) is 5.93. The third-order valence-electron chi connectivity index (χ3n) is 5.45. The normalized spacial score (nSPS) is 33.0. The van der Waals surface area contributed by atoms with Gasteiger partial charge in [-0.05, 0) is 18.8 Å². The Balaban J connectivity index is 1.50. The first kappa shape index (κ1) is 15.3. The summed E-state index contributed by atoms with van der Waals surface area (Å²) in [6.07, 6.45) is 4.21. The maximum absolute atomic E-state index is 11.6. The number of carbonyl (C=O) groups is 1. The molecule has 1 saturated carbocycles. The number of amides is 1. The van der Waals surface area contributed by atoms with E-state index < -0.39 is 0 Å². The number of likely N-dealkylation sites (N-methyl/N-ethyl adjacent to an activating group) is 1. The van der Waals surface area contributed by atoms with Crippen molar-refractivity contribution < 1.29 is 14.3 Å². The molecule has 0 radical (unpaired) electrons. The monoisotopic (exact) mass is 296 g/mol. The van der Waals surface area contributed by atoms with E-state index in [2.05, 4.69) is 4.90 Å². The predicted molar refractivity (Wildman–Crippen MR) is 80.0 cm³/mol. The number of hydrogen-bond acceptors (Lipinski definition) is 4. The second-order valence-corrected chi connectivity index (χ2v) is 7.35. The molecule has 2 atom stereocenters. The summed E-state index contributed by atoms with van der Waals surface area (Å²) in [6, 6.07) is 0. The zero-order valence-electron chi connectivity index (χ0n) is 13.3. The van der Waals surface area contributed by atoms with Crippen LogP contribution >= 0.6 is 0 Å². The molecule has 0 aromatic heterocycles. The summed E-state index contributed by atoms with van der Waals surface area (Å²) in [5.41, 5.74) is 0.121. The maximum Gasteiger partial charge on any atom is 0.248 e. The Kier molecular flexibility index (Phi) is 4.52. The van der Waals surface area contributed by atoms with Crippen molar-refractivity contribution in [3.63, 3.8) is 0 Å². The number of likely N-dealkylation sites (tertiary alicyclic amines) is 1. The van der Waals surface area contributed by atoms with Crippen LogP contribution in [0.25, 0.3) is 0 Å². The van der Waals surface area contributed by atoms with Gasteiger partial charge in [0.25, 0.3) is 0 Å². The van der Waals surface area contributed by atoms with Gasteiger partial charge < -0.3 is 19.3 Å². The number of rotatable bonds is 6. The van der Waals surface area contributed by atoms with Crippen LogP contribution in [0.2, 0.25) is 0 Å². The number of hydrogen-bond donors (Lipinski definition) is 0. The van der Waals surface area contributed by atoms with Gasteiger partial charge in [0.05, 0.1) is 19.8 Å². The quantitative estimate of drug-likeness (QED) is 0.728. The topological polar surface area (TPSA) is 42.0 Å². The minimum Gasteiger partial charge on any atom is -0.380 e. The first-order valence-electron chi connectivity index (χ1n) is 8.17. The van der Waals surface area contributed by atoms with Crippen LogP contribution in [0.1, 0.15) is 19.3 Å². The second-order valence-electron chi connectivity index (χ2n) is 7.35. The molecule has 0 bridgehead atoms. The highest BCUT2D eigenvalue weighted by atomic mass is 16.5. The van der Waals surface area contributed by atoms with E-state index in [-0.39, 0.29) is 17.9 Å². The van der Waals surface area contributed by atoms with Gasteiger partial charge in [-0.3, -0.25) is 4.79 Å². The van der Waals surface area contributed by atoms with Gasteiger partial charge in [-0.2, -0.15) is 0 Å². The lowest BCUT2D eigenvalue weighted by Gasteiger charge is -2.31. The molecule has 1 aliphatic carbocycles. The molecular formula is C16H28N2O3. The largest absolute Gasteiger partial charge is 0.380 e. The standard InChI is InChI=1S/C16H28N2O3/c1-17(2)15(19)9-21-12-16-10-18(6-13-4-3-5-13)7-14(16)8-20-11-16/h13-14H,3-12H2,1-2H3/t14-,16+/m1/s1. The molecule has 0 unspecified atom stereocenters. The Morgan fingerprint density at radius 3 is 2.90 bits per heavy atom. The van der Waals surface area contributed by atoms with Crippen molar-refractivity contribution in [3.05, 3.63) is 0 Å². The molecular weight excluding hydrogens is 268 g/mol. The van der Waals surface area contributed by atoms with E-state index in [0.717, 1.165) is 32.2 Å². The van der Waals surface area contributed by atoms with Crippen LogP contribution in [-0.2, 0) is 14.3 Å². The highest BCUT2D eigenvalue weighted by Gasteiger charge is 2.51. The highest BCUT2D eigenvalue weighted by Crippen LogP contribution is 2.42. The van der Waals surface area contributed by atoms with Crippen molar-refractivity contribution in [2.45, 2.75) is 19.3 Å². The van der Waals surface area contributed by atoms with E-state index >= 15 is 0 Å². The summed E-state index contributed by atoms with van der Waals surface area (Å²) >= 11 is 0. The first-order chi connectivity index (χ1) is 10.1. The Hall–Kier alpha value is -0.650. The van der Waals surface area contributed by atoms with Gasteiger partial charge in [0.1, 0.15) is 6.61 Å². The van der Waals surface area contributed by atoms with Gasteiger partial charge in [0.2, 0.25) is 5.91 Å². The van der Waals surface area contributed by atoms with Gasteiger partial charge in [0, 0.05) is 45.1 Å². The molecule has 2 saturated heterocycles. The van der Waals surface area contributed by atoms with Gasteiger partial charge in [0.15, 0.2) is 0 Å². The van der Waals surface area contributed by atoms with Crippen LogP contribution in [0.3, 0.4) is 0 Å². The lowest BCUT2D eigenvalue weighted by molar-refractivity contribution is -0.135. The second kappa shape index (κ2) is 6.23. The fourth-order valence-corrected chi connectivity index (χ4v) is 3.80. The van der Waals surface area contributed by atoms with Crippen molar-refractivity contribution >= 4 is 5.91 Å². The molecule has 21 heavy (non-hydrogen) atoms. The Morgan fingerprint density at radius 1 is 1.43 bits per heavy atom. The van der Waals surface area contributed by atoms with Crippen LogP contribution in [0, 0.1) is 17.3 Å². The van der Waals surface area contributed by atoms with Crippen molar-refractivity contribution in [1.29, 1.82) is 0 Å². The molecule has 0 spiro atoms. The van der Waals surface area contributed by atoms with Gasteiger partial charge >= 0.3 is 0 Å². The molecule has 5 nitrogen and oxygen atoms in total. The average molecular weight is 296 g/mol. The van der Waals surface area contributed by atoms with E-state index in [1.54, 1.807) is 19.0 Å². The van der Waals surface area contributed by atoms with E-state index in [0.29, 0.717) is 12.5 Å². The van der Waals surface area contributed by atoms with Crippen molar-refractivity contribution in [2.75, 3.05) is 60.2 Å². The third kappa shape index (κ3) is 3.25. The van der Waals surface area contributed by atoms with Crippen LogP contribution in [0.4, 0.5) is 0 Å². The molecule has 3 fully saturated rings. The van der Waals surface area contributed by atoms with Gasteiger partial charge in [-0.1, -0.05) is 6.42 Å². The van der Waals surface area contributed by atoms with Crippen LogP contribution in [0.5, 0.6) is 0 Å². The fourth-order valence-electron chi connectivity index (χ4n) is 3.80. The van der Waals surface area contributed by atoms with Crippen LogP contribution in [-0.4, -0.2) is 75.9 Å². The zero-order chi connectivity index (χ0) is 14.9. The Labute approximate surface area is 127 Å². The number of carbonyl (C=O) groups excluding carboxylic acids is 1. The molecule has 2 heterocycles. The summed E-state index contributed by atoms with van der Waals surface area (Å²) in [5, 5.41) is 0. The molecule has 3 aliphatic rings. The molecule has 2 aliphatic heterocycles. The highest BCUT2D eigenvalue weighted by molar-refractivity contribution is 5.76. The molecule has 120 valence electrons. The minimum absolute atomic E-state index is 0.0335. The summed E-state index contributed by atoms with van der Waals surface area (Å²) in [7, 11) is 3.53. The molecule has 5 heteroatoms. The van der Waals surface area contributed by atoms with E-state index in [1.165, 1.54) is 25.8 Å². The van der Waals surface area contributed by atoms with Crippen LogP contribution in [0.15, 0.2) is 0 Å². The van der Waals surface area contributed by atoms with Crippen molar-refractivity contribution in [1.82, 2.24) is 9.80 Å². The van der Waals surface area contributed by atoms with E-state index in [1.807, 2.05) is 0 Å². The lowest BCUT2D eigenvalue weighted by atomic mass is 9.82. The number of ether oxygens (including phenoxy) is 2. The predicted octanol–water partition coefficient (Wildman–Crippen LogP) is 0.840. The first-order valence-corrected chi connectivity index (χ1v) is 8.17. The van der Waals surface area contributed by atoms with E-state index in [9.17, 15) is 4.79 Å². The van der Waals surface area contributed by atoms with Crippen LogP contribution < -0.4 is 0 Å². The summed E-state index contributed by atoms with van der Waals surface area (Å²) in [4.78, 5) is 15.8. The Bertz CT molecular complexity index is 384. The maximum atomic E-state index is 11.6. The fraction of sp³-hybridized carbons (Fsp3) is 0.938. The average Bonchev–Trinajstić information content (AvgIpc) is 2.90. The molecule has 0 aromatic rings. The van der Waals surface area contributed by atoms with E-state index in [4.69, 9.17) is 9.47 Å². The molecule has 0 aromatic carbocycles. The summed E-state index contributed by atoms with van der Waals surface area (Å²) in [5.74, 6) is 1.52. The molecule has 3 rings (SSSR count). The summed E-state index contributed by atoms with van der Waals surface area (Å²) < 4.78 is 11.5. The number of nitrogens with zero attached hydrogens (tertiary/aromatic N) is 2. The third-order valence-corrected chi connectivity index (χ3v) is 5.45. The van der Waals surface area contributed by atoms with Crippen molar-refractivity contribution in [3.8, 4) is 0 Å². The minimum atomic E-state index is 0.0335. The van der Waals surface area contributed by atoms with Gasteiger partial charge in [-0.15, -0.1) is 0 Å².